The number of ketones is 2. The van der Waals surface area contributed by atoms with E-state index in [4.69, 9.17) is 4.74 Å². The van der Waals surface area contributed by atoms with Gasteiger partial charge in [0.25, 0.3) is 0 Å². The van der Waals surface area contributed by atoms with Crippen LogP contribution in [-0.4, -0.2) is 23.3 Å². The molecule has 0 aromatic heterocycles. The number of ether oxygens (including phenoxy) is 1. The average Bonchev–Trinajstić information content (AvgIpc) is 2.35. The van der Waals surface area contributed by atoms with Crippen LogP contribution in [0.5, 0.6) is 5.75 Å². The maximum Gasteiger partial charge on any atom is 0.232 e. The van der Waals surface area contributed by atoms with E-state index in [0.717, 1.165) is 5.57 Å². The van der Waals surface area contributed by atoms with Crippen molar-refractivity contribution in [1.29, 1.82) is 0 Å². The summed E-state index contributed by atoms with van der Waals surface area (Å²) in [7, 11) is 0. The van der Waals surface area contributed by atoms with E-state index in [1.54, 1.807) is 12.1 Å². The van der Waals surface area contributed by atoms with Crippen molar-refractivity contribution in [3.63, 3.8) is 0 Å². The predicted molar refractivity (Wildman–Crippen MR) is 63.5 cm³/mol. The largest absolute Gasteiger partial charge is 0.507 e. The van der Waals surface area contributed by atoms with Gasteiger partial charge in [-0.3, -0.25) is 9.59 Å². The van der Waals surface area contributed by atoms with Gasteiger partial charge in [-0.2, -0.15) is 0 Å². The number of phenols is 1. The van der Waals surface area contributed by atoms with Gasteiger partial charge in [-0.1, -0.05) is 12.1 Å². The fraction of sp³-hybridized carbons (Fsp3) is 0.143. The summed E-state index contributed by atoms with van der Waals surface area (Å²) in [5, 5.41) is 9.72. The number of hydrogen-bond acceptors (Lipinski definition) is 4. The summed E-state index contributed by atoms with van der Waals surface area (Å²) < 4.78 is 5.32. The van der Waals surface area contributed by atoms with Gasteiger partial charge in [-0.05, 0) is 24.6 Å². The van der Waals surface area contributed by atoms with Gasteiger partial charge < -0.3 is 9.84 Å². The molecule has 1 aromatic rings. The number of hydrogen-bond donors (Lipinski definition) is 1. The standard InChI is InChI=1S/C14H10O4/c1-7-5-9-12(16)8-3-2-4-10(15)11(8)13(17)14(9)18-6-7/h2-5,15H,6H2,1H3. The molecule has 0 spiro atoms. The average molecular weight is 242 g/mol. The number of rotatable bonds is 0. The van der Waals surface area contributed by atoms with Crippen molar-refractivity contribution in [3.05, 3.63) is 52.3 Å². The molecule has 1 aliphatic carbocycles. The van der Waals surface area contributed by atoms with E-state index in [1.807, 2.05) is 6.92 Å². The van der Waals surface area contributed by atoms with Crippen LogP contribution in [0, 0.1) is 0 Å². The Bertz CT molecular complexity index is 650. The summed E-state index contributed by atoms with van der Waals surface area (Å²) in [4.78, 5) is 24.4. The molecule has 4 nitrogen and oxygen atoms in total. The lowest BCUT2D eigenvalue weighted by molar-refractivity contribution is 0.0879. The zero-order chi connectivity index (χ0) is 12.9. The minimum Gasteiger partial charge on any atom is -0.507 e. The first kappa shape index (κ1) is 10.8. The number of fused-ring (bicyclic) bond motifs is 1. The number of aromatic hydroxyl groups is 1. The topological polar surface area (TPSA) is 63.6 Å². The molecule has 1 N–H and O–H groups in total. The molecular weight excluding hydrogens is 232 g/mol. The molecule has 1 aromatic carbocycles. The summed E-state index contributed by atoms with van der Waals surface area (Å²) in [5.74, 6) is -0.858. The lowest BCUT2D eigenvalue weighted by Crippen LogP contribution is -2.25. The number of carbonyl (C=O) groups is 2. The maximum atomic E-state index is 12.2. The lowest BCUT2D eigenvalue weighted by atomic mass is 9.86. The highest BCUT2D eigenvalue weighted by molar-refractivity contribution is 6.28. The number of allylic oxidation sites excluding steroid dienone is 3. The number of carbonyl (C=O) groups excluding carboxylic acids is 2. The number of Topliss-reactive ketones (excluding diaryl/α,β-unsaturated/α-hetero) is 2. The fourth-order valence-electron chi connectivity index (χ4n) is 2.20. The fourth-order valence-corrected chi connectivity index (χ4v) is 2.20. The minimum atomic E-state index is -0.429. The molecule has 0 saturated carbocycles. The van der Waals surface area contributed by atoms with Gasteiger partial charge in [0.05, 0.1) is 11.1 Å². The Labute approximate surface area is 103 Å². The monoisotopic (exact) mass is 242 g/mol. The summed E-state index contributed by atoms with van der Waals surface area (Å²) in [5.41, 5.74) is 1.43. The molecule has 3 rings (SSSR count). The Kier molecular flexibility index (Phi) is 2.13. The van der Waals surface area contributed by atoms with E-state index in [-0.39, 0.29) is 34.0 Å². The van der Waals surface area contributed by atoms with E-state index in [0.29, 0.717) is 6.61 Å². The van der Waals surface area contributed by atoms with Crippen molar-refractivity contribution in [3.8, 4) is 5.75 Å². The molecule has 0 unspecified atom stereocenters. The molecule has 0 fully saturated rings. The summed E-state index contributed by atoms with van der Waals surface area (Å²) in [6.07, 6.45) is 1.67. The molecule has 90 valence electrons. The second-order valence-corrected chi connectivity index (χ2v) is 4.38. The number of benzene rings is 1. The van der Waals surface area contributed by atoms with Crippen LogP contribution in [0.15, 0.2) is 41.2 Å². The van der Waals surface area contributed by atoms with Crippen molar-refractivity contribution in [2.24, 2.45) is 0 Å². The van der Waals surface area contributed by atoms with Crippen LogP contribution in [0.1, 0.15) is 27.6 Å². The Morgan fingerprint density at radius 3 is 2.78 bits per heavy atom. The van der Waals surface area contributed by atoms with Gasteiger partial charge in [0.2, 0.25) is 5.78 Å². The van der Waals surface area contributed by atoms with Crippen molar-refractivity contribution >= 4 is 11.6 Å². The molecule has 2 aliphatic rings. The second-order valence-electron chi connectivity index (χ2n) is 4.38. The third kappa shape index (κ3) is 1.32. The zero-order valence-electron chi connectivity index (χ0n) is 9.69. The van der Waals surface area contributed by atoms with Crippen molar-refractivity contribution in [2.75, 3.05) is 6.61 Å². The highest BCUT2D eigenvalue weighted by Gasteiger charge is 2.35. The first-order valence-electron chi connectivity index (χ1n) is 5.55. The van der Waals surface area contributed by atoms with Crippen molar-refractivity contribution in [1.82, 2.24) is 0 Å². The van der Waals surface area contributed by atoms with Crippen LogP contribution in [-0.2, 0) is 4.74 Å². The number of phenolic OH excluding ortho intramolecular Hbond substituents is 1. The first-order valence-corrected chi connectivity index (χ1v) is 5.55. The van der Waals surface area contributed by atoms with Gasteiger partial charge in [0.15, 0.2) is 11.5 Å². The molecule has 1 heterocycles. The van der Waals surface area contributed by atoms with Crippen LogP contribution >= 0.6 is 0 Å². The SMILES string of the molecule is CC1=CC2=C(OC1)C(=O)c1c(O)cccc1C2=O. The predicted octanol–water partition coefficient (Wildman–Crippen LogP) is 2.00. The molecule has 0 amide bonds. The van der Waals surface area contributed by atoms with Gasteiger partial charge in [-0.25, -0.2) is 0 Å². The Morgan fingerprint density at radius 2 is 2.00 bits per heavy atom. The molecule has 0 radical (unpaired) electrons. The molecule has 0 bridgehead atoms. The molecule has 4 heteroatoms. The zero-order valence-corrected chi connectivity index (χ0v) is 9.69. The smallest absolute Gasteiger partial charge is 0.232 e. The van der Waals surface area contributed by atoms with Crippen molar-refractivity contribution < 1.29 is 19.4 Å². The summed E-state index contributed by atoms with van der Waals surface area (Å²) >= 11 is 0. The van der Waals surface area contributed by atoms with E-state index in [2.05, 4.69) is 0 Å². The molecular formula is C14H10O4. The summed E-state index contributed by atoms with van der Waals surface area (Å²) in [6.45, 7) is 2.13. The Balaban J connectivity index is 2.28. The second kappa shape index (κ2) is 3.57. The van der Waals surface area contributed by atoms with Crippen LogP contribution in [0.25, 0.3) is 0 Å². The van der Waals surface area contributed by atoms with Gasteiger partial charge in [0.1, 0.15) is 12.4 Å². The Morgan fingerprint density at radius 1 is 1.22 bits per heavy atom. The normalized spacial score (nSPS) is 17.9. The van der Waals surface area contributed by atoms with Gasteiger partial charge in [0, 0.05) is 5.56 Å². The maximum absolute atomic E-state index is 12.2. The van der Waals surface area contributed by atoms with E-state index in [1.165, 1.54) is 12.1 Å². The van der Waals surface area contributed by atoms with Crippen LogP contribution in [0.2, 0.25) is 0 Å². The highest BCUT2D eigenvalue weighted by atomic mass is 16.5. The Hall–Kier alpha value is -2.36. The molecule has 1 aliphatic heterocycles. The van der Waals surface area contributed by atoms with Crippen LogP contribution < -0.4 is 0 Å². The van der Waals surface area contributed by atoms with E-state index >= 15 is 0 Å². The third-order valence-electron chi connectivity index (χ3n) is 3.04. The van der Waals surface area contributed by atoms with Crippen LogP contribution in [0.3, 0.4) is 0 Å². The van der Waals surface area contributed by atoms with E-state index < -0.39 is 5.78 Å². The lowest BCUT2D eigenvalue weighted by Gasteiger charge is -2.23. The molecule has 18 heavy (non-hydrogen) atoms. The van der Waals surface area contributed by atoms with Gasteiger partial charge >= 0.3 is 0 Å². The van der Waals surface area contributed by atoms with Gasteiger partial charge in [-0.15, -0.1) is 0 Å². The molecule has 0 saturated heterocycles. The minimum absolute atomic E-state index is 0.0363. The quantitative estimate of drug-likeness (QED) is 0.755. The van der Waals surface area contributed by atoms with E-state index in [9.17, 15) is 14.7 Å². The summed E-state index contributed by atoms with van der Waals surface area (Å²) in [6, 6.07) is 4.47. The van der Waals surface area contributed by atoms with Crippen molar-refractivity contribution in [2.45, 2.75) is 6.92 Å². The first-order chi connectivity index (χ1) is 8.59. The molecule has 0 atom stereocenters. The third-order valence-corrected chi connectivity index (χ3v) is 3.04. The van der Waals surface area contributed by atoms with Crippen LogP contribution in [0.4, 0.5) is 0 Å². The highest BCUT2D eigenvalue weighted by Crippen LogP contribution is 2.34.